The van der Waals surface area contributed by atoms with Crippen LogP contribution in [0.2, 0.25) is 5.02 Å². The average molecular weight is 459 g/mol. The number of nitrogens with one attached hydrogen (secondary N) is 1. The number of benzene rings is 1. The second kappa shape index (κ2) is 8.44. The molecule has 3 aromatic rings. The molecule has 2 aromatic heterocycles. The topological polar surface area (TPSA) is 86.1 Å². The number of ether oxygens (including phenoxy) is 1. The van der Waals surface area contributed by atoms with Crippen molar-refractivity contribution in [3.8, 4) is 5.69 Å². The smallest absolute Gasteiger partial charge is 0.434 e. The quantitative estimate of drug-likeness (QED) is 0.558. The normalized spacial score (nSPS) is 11.4. The second-order valence-electron chi connectivity index (χ2n) is 5.90. The summed E-state index contributed by atoms with van der Waals surface area (Å²) in [5.74, 6) is -1.69. The predicted molar refractivity (Wildman–Crippen MR) is 104 cm³/mol. The SMILES string of the molecule is CCOC(=O)c1sc(NC(=O)c2cnn(-c3ccc(Cl)cc3)c2C(F)(F)F)nc1C. The summed E-state index contributed by atoms with van der Waals surface area (Å²) in [5.41, 5.74) is -1.56. The summed E-state index contributed by atoms with van der Waals surface area (Å²) >= 11 is 6.58. The van der Waals surface area contributed by atoms with Crippen LogP contribution in [0.15, 0.2) is 30.5 Å². The van der Waals surface area contributed by atoms with E-state index in [2.05, 4.69) is 15.4 Å². The van der Waals surface area contributed by atoms with Gasteiger partial charge in [-0.3, -0.25) is 10.1 Å². The predicted octanol–water partition coefficient (Wildman–Crippen LogP) is 4.74. The summed E-state index contributed by atoms with van der Waals surface area (Å²) < 4.78 is 46.7. The molecule has 7 nitrogen and oxygen atoms in total. The maximum atomic E-state index is 13.7. The number of carbonyl (C=O) groups is 2. The molecular formula is C18H14ClF3N4O3S. The van der Waals surface area contributed by atoms with Gasteiger partial charge in [0.1, 0.15) is 4.88 Å². The fourth-order valence-electron chi connectivity index (χ4n) is 2.57. The number of aromatic nitrogens is 3. The number of aryl methyl sites for hydroxylation is 1. The van der Waals surface area contributed by atoms with Crippen LogP contribution in [-0.4, -0.2) is 33.2 Å². The van der Waals surface area contributed by atoms with E-state index in [1.54, 1.807) is 6.92 Å². The number of hydrogen-bond donors (Lipinski definition) is 1. The molecule has 158 valence electrons. The monoisotopic (exact) mass is 458 g/mol. The molecule has 0 saturated heterocycles. The van der Waals surface area contributed by atoms with Gasteiger partial charge >= 0.3 is 12.1 Å². The molecule has 0 aliphatic rings. The third-order valence-electron chi connectivity index (χ3n) is 3.83. The lowest BCUT2D eigenvalue weighted by Gasteiger charge is -2.12. The van der Waals surface area contributed by atoms with Gasteiger partial charge in [-0.1, -0.05) is 22.9 Å². The first kappa shape index (κ1) is 21.8. The summed E-state index contributed by atoms with van der Waals surface area (Å²) in [7, 11) is 0. The van der Waals surface area contributed by atoms with Crippen LogP contribution in [0.4, 0.5) is 18.3 Å². The zero-order chi connectivity index (χ0) is 22.1. The fourth-order valence-corrected chi connectivity index (χ4v) is 3.55. The van der Waals surface area contributed by atoms with Gasteiger partial charge in [-0.25, -0.2) is 14.5 Å². The standard InChI is InChI=1S/C18H14ClF3N4O3S/c1-3-29-16(28)13-9(2)24-17(30-13)25-15(27)12-8-23-26(14(12)18(20,21)22)11-6-4-10(19)5-7-11/h4-8H,3H2,1-2H3,(H,24,25,27). The van der Waals surface area contributed by atoms with Gasteiger partial charge < -0.3 is 4.74 Å². The number of esters is 1. The number of rotatable bonds is 5. The van der Waals surface area contributed by atoms with Crippen molar-refractivity contribution < 1.29 is 27.5 Å². The van der Waals surface area contributed by atoms with Crippen LogP contribution in [0.3, 0.4) is 0 Å². The van der Waals surface area contributed by atoms with E-state index in [9.17, 15) is 22.8 Å². The maximum Gasteiger partial charge on any atom is 0.434 e. The molecule has 3 rings (SSSR count). The minimum absolute atomic E-state index is 0.0343. The Morgan fingerprint density at radius 2 is 1.93 bits per heavy atom. The average Bonchev–Trinajstić information content (AvgIpc) is 3.26. The summed E-state index contributed by atoms with van der Waals surface area (Å²) in [6, 6.07) is 5.52. The molecule has 0 radical (unpaired) electrons. The highest BCUT2D eigenvalue weighted by Crippen LogP contribution is 2.34. The van der Waals surface area contributed by atoms with Gasteiger partial charge in [0.15, 0.2) is 10.8 Å². The number of halogens is 4. The summed E-state index contributed by atoms with van der Waals surface area (Å²) in [6.07, 6.45) is -4.04. The molecule has 0 unspecified atom stereocenters. The number of alkyl halides is 3. The minimum atomic E-state index is -4.86. The molecule has 0 fully saturated rings. The lowest BCUT2D eigenvalue weighted by Crippen LogP contribution is -2.20. The van der Waals surface area contributed by atoms with E-state index < -0.39 is 29.3 Å². The lowest BCUT2D eigenvalue weighted by molar-refractivity contribution is -0.143. The molecule has 0 aliphatic heterocycles. The van der Waals surface area contributed by atoms with Crippen LogP contribution < -0.4 is 5.32 Å². The molecular weight excluding hydrogens is 445 g/mol. The highest BCUT2D eigenvalue weighted by molar-refractivity contribution is 7.17. The molecule has 0 spiro atoms. The summed E-state index contributed by atoms with van der Waals surface area (Å²) in [5, 5.41) is 6.32. The van der Waals surface area contributed by atoms with E-state index in [0.717, 1.165) is 17.5 Å². The van der Waals surface area contributed by atoms with Crippen molar-refractivity contribution in [2.24, 2.45) is 0 Å². The van der Waals surface area contributed by atoms with Gasteiger partial charge in [0, 0.05) is 5.02 Å². The van der Waals surface area contributed by atoms with E-state index in [4.69, 9.17) is 16.3 Å². The Kier molecular flexibility index (Phi) is 6.13. The van der Waals surface area contributed by atoms with E-state index in [-0.39, 0.29) is 22.3 Å². The van der Waals surface area contributed by atoms with E-state index >= 15 is 0 Å². The van der Waals surface area contributed by atoms with Crippen LogP contribution in [0.25, 0.3) is 5.69 Å². The number of carbonyl (C=O) groups excluding carboxylic acids is 2. The minimum Gasteiger partial charge on any atom is -0.462 e. The summed E-state index contributed by atoms with van der Waals surface area (Å²) in [6.45, 7) is 3.31. The number of amides is 1. The number of anilines is 1. The highest BCUT2D eigenvalue weighted by Gasteiger charge is 2.40. The van der Waals surface area contributed by atoms with Crippen LogP contribution in [0.5, 0.6) is 0 Å². The second-order valence-corrected chi connectivity index (χ2v) is 7.34. The van der Waals surface area contributed by atoms with Crippen LogP contribution in [0, 0.1) is 6.92 Å². The maximum absolute atomic E-state index is 13.7. The Hall–Kier alpha value is -2.92. The molecule has 1 aromatic carbocycles. The molecule has 0 aliphatic carbocycles. The molecule has 12 heteroatoms. The van der Waals surface area contributed by atoms with Crippen molar-refractivity contribution in [1.29, 1.82) is 0 Å². The Bertz CT molecular complexity index is 1090. The van der Waals surface area contributed by atoms with E-state index in [1.807, 2.05) is 0 Å². The molecule has 30 heavy (non-hydrogen) atoms. The van der Waals surface area contributed by atoms with Crippen molar-refractivity contribution in [3.63, 3.8) is 0 Å². The van der Waals surface area contributed by atoms with Crippen molar-refractivity contribution >= 4 is 39.9 Å². The van der Waals surface area contributed by atoms with Gasteiger partial charge in [-0.15, -0.1) is 0 Å². The van der Waals surface area contributed by atoms with Gasteiger partial charge in [-0.2, -0.15) is 18.3 Å². The molecule has 0 atom stereocenters. The highest BCUT2D eigenvalue weighted by atomic mass is 35.5. The Balaban J connectivity index is 1.94. The summed E-state index contributed by atoms with van der Waals surface area (Å²) in [4.78, 5) is 28.6. The van der Waals surface area contributed by atoms with E-state index in [0.29, 0.717) is 15.4 Å². The third-order valence-corrected chi connectivity index (χ3v) is 5.14. The molecule has 2 heterocycles. The van der Waals surface area contributed by atoms with Crippen LogP contribution in [0.1, 0.15) is 38.3 Å². The number of hydrogen-bond acceptors (Lipinski definition) is 6. The third kappa shape index (κ3) is 4.46. The molecule has 0 bridgehead atoms. The first-order valence-corrected chi connectivity index (χ1v) is 9.68. The zero-order valence-corrected chi connectivity index (χ0v) is 17.2. The van der Waals surface area contributed by atoms with Crippen LogP contribution >= 0.6 is 22.9 Å². The first-order chi connectivity index (χ1) is 14.1. The van der Waals surface area contributed by atoms with Gasteiger partial charge in [0.25, 0.3) is 5.91 Å². The van der Waals surface area contributed by atoms with Crippen molar-refractivity contribution in [2.45, 2.75) is 20.0 Å². The molecule has 1 amide bonds. The lowest BCUT2D eigenvalue weighted by atomic mass is 10.2. The molecule has 1 N–H and O–H groups in total. The Labute approximate surface area is 177 Å². The van der Waals surface area contributed by atoms with Crippen molar-refractivity contribution in [2.75, 3.05) is 11.9 Å². The van der Waals surface area contributed by atoms with Crippen molar-refractivity contribution in [3.05, 3.63) is 57.3 Å². The van der Waals surface area contributed by atoms with Gasteiger partial charge in [-0.05, 0) is 38.1 Å². The van der Waals surface area contributed by atoms with Crippen molar-refractivity contribution in [1.82, 2.24) is 14.8 Å². The fraction of sp³-hybridized carbons (Fsp3) is 0.222. The van der Waals surface area contributed by atoms with Crippen LogP contribution in [-0.2, 0) is 10.9 Å². The Morgan fingerprint density at radius 1 is 1.27 bits per heavy atom. The largest absolute Gasteiger partial charge is 0.462 e. The van der Waals surface area contributed by atoms with Gasteiger partial charge in [0.05, 0.1) is 29.7 Å². The number of nitrogens with zero attached hydrogens (tertiary/aromatic N) is 3. The number of thiazole rings is 1. The Morgan fingerprint density at radius 3 is 2.53 bits per heavy atom. The molecule has 0 saturated carbocycles. The van der Waals surface area contributed by atoms with E-state index in [1.165, 1.54) is 31.2 Å². The van der Waals surface area contributed by atoms with Gasteiger partial charge in [0.2, 0.25) is 0 Å². The first-order valence-electron chi connectivity index (χ1n) is 8.49. The zero-order valence-electron chi connectivity index (χ0n) is 15.6.